The topological polar surface area (TPSA) is 50.4 Å². The van der Waals surface area contributed by atoms with Crippen molar-refractivity contribution < 1.29 is 9.53 Å². The smallest absolute Gasteiger partial charge is 0.407 e. The molecule has 0 aliphatic heterocycles. The highest BCUT2D eigenvalue weighted by Gasteiger charge is 2.40. The molecule has 1 amide bonds. The van der Waals surface area contributed by atoms with E-state index >= 15 is 0 Å². The molecule has 1 aliphatic carbocycles. The standard InChI is InChI=1S/C15H24N2O2S/c1-9-6-7-13(20-9)10(2)16-11-8-12(11)17-14(18)19-15(3,4)5/h6-7,10-12,16H,8H2,1-5H3,(H,17,18). The van der Waals surface area contributed by atoms with Gasteiger partial charge in [-0.2, -0.15) is 0 Å². The number of aryl methyl sites for hydroxylation is 1. The van der Waals surface area contributed by atoms with Gasteiger partial charge in [-0.05, 0) is 53.2 Å². The summed E-state index contributed by atoms with van der Waals surface area (Å²) in [6.45, 7) is 9.89. The van der Waals surface area contributed by atoms with Crippen molar-refractivity contribution in [2.75, 3.05) is 0 Å². The molecule has 1 aromatic rings. The van der Waals surface area contributed by atoms with E-state index in [0.717, 1.165) is 6.42 Å². The summed E-state index contributed by atoms with van der Waals surface area (Å²) in [6, 6.07) is 5.16. The van der Waals surface area contributed by atoms with Crippen LogP contribution < -0.4 is 10.6 Å². The molecule has 1 aromatic heterocycles. The molecule has 1 fully saturated rings. The van der Waals surface area contributed by atoms with Gasteiger partial charge in [0.1, 0.15) is 5.60 Å². The summed E-state index contributed by atoms with van der Waals surface area (Å²) in [5.74, 6) is 0. The molecule has 3 atom stereocenters. The molecule has 1 saturated carbocycles. The van der Waals surface area contributed by atoms with E-state index in [1.807, 2.05) is 32.1 Å². The normalized spacial score (nSPS) is 23.2. The number of amides is 1. The first-order chi connectivity index (χ1) is 9.24. The molecule has 0 saturated heterocycles. The van der Waals surface area contributed by atoms with Crippen LogP contribution in [-0.4, -0.2) is 23.8 Å². The van der Waals surface area contributed by atoms with Crippen LogP contribution in [0.1, 0.15) is 49.9 Å². The minimum atomic E-state index is -0.441. The third-order valence-electron chi connectivity index (χ3n) is 3.14. The fourth-order valence-corrected chi connectivity index (χ4v) is 2.98. The Kier molecular flexibility index (Phi) is 4.39. The number of hydrogen-bond donors (Lipinski definition) is 2. The van der Waals surface area contributed by atoms with Gasteiger partial charge in [0.15, 0.2) is 0 Å². The number of carbonyl (C=O) groups is 1. The lowest BCUT2D eigenvalue weighted by Gasteiger charge is -2.20. The van der Waals surface area contributed by atoms with Crippen LogP contribution in [0.5, 0.6) is 0 Å². The van der Waals surface area contributed by atoms with Gasteiger partial charge in [-0.25, -0.2) is 4.79 Å². The molecule has 0 spiro atoms. The SMILES string of the molecule is Cc1ccc(C(C)NC2CC2NC(=O)OC(C)(C)C)s1. The summed E-state index contributed by atoms with van der Waals surface area (Å²) < 4.78 is 5.25. The highest BCUT2D eigenvalue weighted by atomic mass is 32.1. The second kappa shape index (κ2) is 5.74. The molecule has 1 aliphatic rings. The maximum atomic E-state index is 11.7. The molecule has 112 valence electrons. The Hall–Kier alpha value is -1.07. The lowest BCUT2D eigenvalue weighted by molar-refractivity contribution is 0.0522. The lowest BCUT2D eigenvalue weighted by Crippen LogP contribution is -2.37. The van der Waals surface area contributed by atoms with Gasteiger partial charge in [0.2, 0.25) is 0 Å². The van der Waals surface area contributed by atoms with Crippen molar-refractivity contribution in [2.24, 2.45) is 0 Å². The second-order valence-corrected chi connectivity index (χ2v) is 7.75. The molecule has 5 heteroatoms. The molecular weight excluding hydrogens is 272 g/mol. The summed E-state index contributed by atoms with van der Waals surface area (Å²) in [5, 5.41) is 6.44. The summed E-state index contributed by atoms with van der Waals surface area (Å²) in [6.07, 6.45) is 0.639. The zero-order chi connectivity index (χ0) is 14.9. The Morgan fingerprint density at radius 3 is 2.65 bits per heavy atom. The van der Waals surface area contributed by atoms with Gasteiger partial charge < -0.3 is 15.4 Å². The highest BCUT2D eigenvalue weighted by molar-refractivity contribution is 7.12. The third kappa shape index (κ3) is 4.49. The van der Waals surface area contributed by atoms with Gasteiger partial charge in [-0.3, -0.25) is 0 Å². The van der Waals surface area contributed by atoms with E-state index in [2.05, 4.69) is 36.6 Å². The molecule has 0 radical (unpaired) electrons. The first-order valence-electron chi connectivity index (χ1n) is 7.06. The molecule has 0 aromatic carbocycles. The predicted octanol–water partition coefficient (Wildman–Crippen LogP) is 3.37. The Labute approximate surface area is 124 Å². The van der Waals surface area contributed by atoms with Gasteiger partial charge in [0, 0.05) is 27.9 Å². The summed E-state index contributed by atoms with van der Waals surface area (Å²) >= 11 is 1.81. The van der Waals surface area contributed by atoms with E-state index in [0.29, 0.717) is 12.1 Å². The summed E-state index contributed by atoms with van der Waals surface area (Å²) in [4.78, 5) is 14.3. The van der Waals surface area contributed by atoms with Crippen molar-refractivity contribution in [2.45, 2.75) is 64.8 Å². The zero-order valence-corrected chi connectivity index (χ0v) is 13.6. The van der Waals surface area contributed by atoms with E-state index in [4.69, 9.17) is 4.74 Å². The van der Waals surface area contributed by atoms with E-state index < -0.39 is 5.60 Å². The van der Waals surface area contributed by atoms with Crippen LogP contribution >= 0.6 is 11.3 Å². The Balaban J connectivity index is 1.74. The predicted molar refractivity (Wildman–Crippen MR) is 82.2 cm³/mol. The Morgan fingerprint density at radius 2 is 2.10 bits per heavy atom. The van der Waals surface area contributed by atoms with Crippen molar-refractivity contribution in [3.05, 3.63) is 21.9 Å². The van der Waals surface area contributed by atoms with Crippen LogP contribution in [-0.2, 0) is 4.74 Å². The van der Waals surface area contributed by atoms with Crippen LogP contribution in [0.3, 0.4) is 0 Å². The largest absolute Gasteiger partial charge is 0.444 e. The molecule has 0 bridgehead atoms. The average Bonchev–Trinajstić information content (AvgIpc) is 2.83. The van der Waals surface area contributed by atoms with Crippen LogP contribution in [0.2, 0.25) is 0 Å². The lowest BCUT2D eigenvalue weighted by atomic mass is 10.2. The van der Waals surface area contributed by atoms with Gasteiger partial charge in [-0.15, -0.1) is 11.3 Å². The van der Waals surface area contributed by atoms with E-state index in [1.54, 1.807) is 0 Å². The van der Waals surface area contributed by atoms with Gasteiger partial charge in [0.25, 0.3) is 0 Å². The van der Waals surface area contributed by atoms with Crippen LogP contribution in [0.15, 0.2) is 12.1 Å². The van der Waals surface area contributed by atoms with Crippen molar-refractivity contribution in [1.82, 2.24) is 10.6 Å². The number of alkyl carbamates (subject to hydrolysis) is 1. The number of ether oxygens (including phenoxy) is 1. The first kappa shape index (κ1) is 15.3. The van der Waals surface area contributed by atoms with Crippen LogP contribution in [0.4, 0.5) is 4.79 Å². The maximum Gasteiger partial charge on any atom is 0.407 e. The van der Waals surface area contributed by atoms with E-state index in [9.17, 15) is 4.79 Å². The highest BCUT2D eigenvalue weighted by Crippen LogP contribution is 2.28. The molecule has 2 rings (SSSR count). The average molecular weight is 296 g/mol. The summed E-state index contributed by atoms with van der Waals surface area (Å²) in [5.41, 5.74) is -0.441. The zero-order valence-electron chi connectivity index (χ0n) is 12.8. The molecule has 20 heavy (non-hydrogen) atoms. The Morgan fingerprint density at radius 1 is 1.40 bits per heavy atom. The monoisotopic (exact) mass is 296 g/mol. The maximum absolute atomic E-state index is 11.7. The van der Waals surface area contributed by atoms with Gasteiger partial charge >= 0.3 is 6.09 Å². The fraction of sp³-hybridized carbons (Fsp3) is 0.667. The molecule has 1 heterocycles. The number of thiophene rings is 1. The number of hydrogen-bond acceptors (Lipinski definition) is 4. The quantitative estimate of drug-likeness (QED) is 0.895. The number of nitrogens with one attached hydrogen (secondary N) is 2. The summed E-state index contributed by atoms with van der Waals surface area (Å²) in [7, 11) is 0. The van der Waals surface area contributed by atoms with Crippen LogP contribution in [0.25, 0.3) is 0 Å². The Bertz CT molecular complexity index is 478. The van der Waals surface area contributed by atoms with Crippen LogP contribution in [0, 0.1) is 6.92 Å². The van der Waals surface area contributed by atoms with E-state index in [1.165, 1.54) is 9.75 Å². The van der Waals surface area contributed by atoms with Crippen molar-refractivity contribution in [3.63, 3.8) is 0 Å². The minimum Gasteiger partial charge on any atom is -0.444 e. The second-order valence-electron chi connectivity index (χ2n) is 6.43. The number of rotatable bonds is 4. The molecule has 2 N–H and O–H groups in total. The van der Waals surface area contributed by atoms with Gasteiger partial charge in [0.05, 0.1) is 0 Å². The van der Waals surface area contributed by atoms with E-state index in [-0.39, 0.29) is 12.1 Å². The third-order valence-corrected chi connectivity index (χ3v) is 4.33. The molecular formula is C15H24N2O2S. The number of carbonyl (C=O) groups excluding carboxylic acids is 1. The molecule has 4 nitrogen and oxygen atoms in total. The first-order valence-corrected chi connectivity index (χ1v) is 7.88. The van der Waals surface area contributed by atoms with Gasteiger partial charge in [-0.1, -0.05) is 0 Å². The van der Waals surface area contributed by atoms with Crippen molar-refractivity contribution in [3.8, 4) is 0 Å². The van der Waals surface area contributed by atoms with Crippen molar-refractivity contribution in [1.29, 1.82) is 0 Å². The molecule has 3 unspecified atom stereocenters. The fourth-order valence-electron chi connectivity index (χ4n) is 2.09. The van der Waals surface area contributed by atoms with Crippen molar-refractivity contribution >= 4 is 17.4 Å². The minimum absolute atomic E-state index is 0.188.